The van der Waals surface area contributed by atoms with E-state index in [4.69, 9.17) is 28.9 Å². The van der Waals surface area contributed by atoms with Gasteiger partial charge in [-0.15, -0.1) is 10.2 Å². The number of alkyl halides is 3. The second-order valence-electron chi connectivity index (χ2n) is 7.83. The van der Waals surface area contributed by atoms with E-state index >= 15 is 0 Å². The van der Waals surface area contributed by atoms with Gasteiger partial charge >= 0.3 is 11.9 Å². The van der Waals surface area contributed by atoms with Crippen LogP contribution in [0.4, 0.5) is 13.2 Å². The number of nitrogens with two attached hydrogens (primary N) is 1. The van der Waals surface area contributed by atoms with E-state index in [0.717, 1.165) is 9.25 Å². The number of nitrogens with zero attached hydrogens (tertiary/aromatic N) is 7. The van der Waals surface area contributed by atoms with E-state index in [9.17, 15) is 23.1 Å². The Morgan fingerprint density at radius 1 is 1.14 bits per heavy atom. The van der Waals surface area contributed by atoms with Crippen LogP contribution in [-0.4, -0.2) is 51.5 Å². The number of aliphatic hydroxyl groups is 1. The summed E-state index contributed by atoms with van der Waals surface area (Å²) in [6.07, 6.45) is -6.22. The summed E-state index contributed by atoms with van der Waals surface area (Å²) in [7, 11) is 0. The first-order valence-electron chi connectivity index (χ1n) is 10.5. The minimum atomic E-state index is -4.94. The van der Waals surface area contributed by atoms with Crippen LogP contribution in [0.15, 0.2) is 47.4 Å². The lowest BCUT2D eigenvalue weighted by molar-refractivity contribution is -0.207. The zero-order chi connectivity index (χ0) is 26.2. The van der Waals surface area contributed by atoms with Crippen LogP contribution in [0.2, 0.25) is 10.0 Å². The summed E-state index contributed by atoms with van der Waals surface area (Å²) in [5.41, 5.74) is 5.44. The van der Waals surface area contributed by atoms with Crippen molar-refractivity contribution in [3.8, 4) is 17.2 Å². The molecule has 4 aromatic rings. The highest BCUT2D eigenvalue weighted by Crippen LogP contribution is 2.24. The third-order valence-electron chi connectivity index (χ3n) is 5.07. The van der Waals surface area contributed by atoms with Gasteiger partial charge in [-0.2, -0.15) is 17.9 Å². The maximum absolute atomic E-state index is 13.1. The number of halogens is 5. The lowest BCUT2D eigenvalue weighted by Crippen LogP contribution is -2.37. The van der Waals surface area contributed by atoms with Gasteiger partial charge in [0, 0.05) is 16.8 Å². The van der Waals surface area contributed by atoms with Crippen LogP contribution in [0.5, 0.6) is 0 Å². The normalized spacial score (nSPS) is 13.7. The number of aromatic nitrogens is 7. The second-order valence-corrected chi connectivity index (χ2v) is 8.68. The molecule has 0 aliphatic heterocycles. The standard InChI is InChI=1S/C21H19Cl2F3N8O2/c1-11(27)17-29-16(30-34(17)19-14(23)3-2-8-28-19)10-33-20(36)32(9-15(35)21(24,25)26)18(31-33)12-4-6-13(22)7-5-12/h2-8,11,15,35H,9-10,27H2,1H3/t11-,15+/m1/s1. The van der Waals surface area contributed by atoms with E-state index in [0.29, 0.717) is 16.4 Å². The topological polar surface area (TPSA) is 130 Å². The molecule has 0 spiro atoms. The average molecular weight is 543 g/mol. The minimum Gasteiger partial charge on any atom is -0.382 e. The van der Waals surface area contributed by atoms with Crippen molar-refractivity contribution in [1.29, 1.82) is 0 Å². The molecule has 0 fully saturated rings. The SMILES string of the molecule is C[C@@H](N)c1nc(Cn2nc(-c3ccc(Cl)cc3)n(C[C@H](O)C(F)(F)F)c2=O)nn1-c1ncccc1Cl. The Morgan fingerprint density at radius 2 is 1.83 bits per heavy atom. The van der Waals surface area contributed by atoms with Gasteiger partial charge in [0.2, 0.25) is 0 Å². The van der Waals surface area contributed by atoms with Crippen molar-refractivity contribution in [3.63, 3.8) is 0 Å². The van der Waals surface area contributed by atoms with Gasteiger partial charge in [-0.3, -0.25) is 4.57 Å². The molecule has 10 nitrogen and oxygen atoms in total. The molecule has 0 aliphatic rings. The molecule has 2 atom stereocenters. The summed E-state index contributed by atoms with van der Waals surface area (Å²) in [5.74, 6) is 0.552. The first-order chi connectivity index (χ1) is 17.0. The van der Waals surface area contributed by atoms with Crippen molar-refractivity contribution in [2.75, 3.05) is 0 Å². The molecule has 3 aromatic heterocycles. The Kier molecular flexibility index (Phi) is 7.18. The Balaban J connectivity index is 1.78. The number of benzene rings is 1. The zero-order valence-electron chi connectivity index (χ0n) is 18.6. The van der Waals surface area contributed by atoms with E-state index in [1.54, 1.807) is 19.1 Å². The monoisotopic (exact) mass is 542 g/mol. The van der Waals surface area contributed by atoms with Gasteiger partial charge in [0.15, 0.2) is 29.4 Å². The summed E-state index contributed by atoms with van der Waals surface area (Å²) in [4.78, 5) is 21.6. The maximum atomic E-state index is 13.1. The quantitative estimate of drug-likeness (QED) is 0.367. The molecule has 0 amide bonds. The summed E-state index contributed by atoms with van der Waals surface area (Å²) < 4.78 is 42.2. The van der Waals surface area contributed by atoms with E-state index < -0.39 is 30.6 Å². The molecule has 190 valence electrons. The van der Waals surface area contributed by atoms with Crippen molar-refractivity contribution < 1.29 is 18.3 Å². The Hall–Kier alpha value is -3.26. The molecule has 0 saturated carbocycles. The molecular weight excluding hydrogens is 524 g/mol. The first-order valence-corrected chi connectivity index (χ1v) is 11.2. The van der Waals surface area contributed by atoms with Gasteiger partial charge in [-0.05, 0) is 43.3 Å². The molecule has 0 radical (unpaired) electrons. The molecule has 0 aliphatic carbocycles. The second kappa shape index (κ2) is 10.0. The van der Waals surface area contributed by atoms with Gasteiger partial charge in [0.05, 0.1) is 17.6 Å². The third-order valence-corrected chi connectivity index (χ3v) is 5.62. The van der Waals surface area contributed by atoms with Crippen LogP contribution in [0.25, 0.3) is 17.2 Å². The van der Waals surface area contributed by atoms with Crippen LogP contribution >= 0.6 is 23.2 Å². The van der Waals surface area contributed by atoms with Gasteiger partial charge < -0.3 is 10.8 Å². The van der Waals surface area contributed by atoms with E-state index in [1.807, 2.05) is 0 Å². The van der Waals surface area contributed by atoms with Crippen molar-refractivity contribution in [2.45, 2.75) is 38.3 Å². The number of hydrogen-bond acceptors (Lipinski definition) is 7. The fourth-order valence-corrected chi connectivity index (χ4v) is 3.68. The minimum absolute atomic E-state index is 0.0924. The molecule has 36 heavy (non-hydrogen) atoms. The fourth-order valence-electron chi connectivity index (χ4n) is 3.35. The summed E-state index contributed by atoms with van der Waals surface area (Å²) in [6, 6.07) is 8.64. The van der Waals surface area contributed by atoms with Crippen LogP contribution in [0.3, 0.4) is 0 Å². The van der Waals surface area contributed by atoms with Gasteiger partial charge in [-0.25, -0.2) is 19.4 Å². The summed E-state index contributed by atoms with van der Waals surface area (Å²) in [5, 5.41) is 18.8. The highest BCUT2D eigenvalue weighted by Gasteiger charge is 2.39. The predicted molar refractivity (Wildman–Crippen MR) is 125 cm³/mol. The molecule has 3 heterocycles. The van der Waals surface area contributed by atoms with Gasteiger partial charge in [0.1, 0.15) is 6.54 Å². The molecule has 0 saturated heterocycles. The van der Waals surface area contributed by atoms with Crippen LogP contribution in [0.1, 0.15) is 24.6 Å². The van der Waals surface area contributed by atoms with Crippen LogP contribution in [0, 0.1) is 0 Å². The molecule has 0 bridgehead atoms. The lowest BCUT2D eigenvalue weighted by Gasteiger charge is -2.15. The largest absolute Gasteiger partial charge is 0.416 e. The lowest BCUT2D eigenvalue weighted by atomic mass is 10.2. The van der Waals surface area contributed by atoms with Crippen molar-refractivity contribution >= 4 is 23.2 Å². The fraction of sp³-hybridized carbons (Fsp3) is 0.286. The Labute approximate surface area is 211 Å². The predicted octanol–water partition coefficient (Wildman–Crippen LogP) is 2.99. The highest BCUT2D eigenvalue weighted by atomic mass is 35.5. The van der Waals surface area contributed by atoms with E-state index in [2.05, 4.69) is 20.2 Å². The number of aliphatic hydroxyl groups excluding tert-OH is 1. The number of rotatable bonds is 7. The number of pyridine rings is 1. The number of hydrogen-bond donors (Lipinski definition) is 2. The van der Waals surface area contributed by atoms with Gasteiger partial charge in [-0.1, -0.05) is 23.2 Å². The van der Waals surface area contributed by atoms with E-state index in [-0.39, 0.29) is 29.0 Å². The third kappa shape index (κ3) is 5.28. The highest BCUT2D eigenvalue weighted by molar-refractivity contribution is 6.32. The first kappa shape index (κ1) is 25.8. The summed E-state index contributed by atoms with van der Waals surface area (Å²) in [6.45, 7) is 0.307. The molecule has 0 unspecified atom stereocenters. The van der Waals surface area contributed by atoms with E-state index in [1.165, 1.54) is 35.1 Å². The van der Waals surface area contributed by atoms with Crippen molar-refractivity contribution in [3.05, 3.63) is 74.8 Å². The smallest absolute Gasteiger partial charge is 0.382 e. The zero-order valence-corrected chi connectivity index (χ0v) is 20.1. The van der Waals surface area contributed by atoms with Crippen LogP contribution in [-0.2, 0) is 13.1 Å². The van der Waals surface area contributed by atoms with Crippen molar-refractivity contribution in [1.82, 2.24) is 34.1 Å². The maximum Gasteiger partial charge on any atom is 0.416 e. The average Bonchev–Trinajstić information content (AvgIpc) is 3.36. The van der Waals surface area contributed by atoms with Crippen molar-refractivity contribution in [2.24, 2.45) is 5.73 Å². The molecule has 1 aromatic carbocycles. The summed E-state index contributed by atoms with van der Waals surface area (Å²) >= 11 is 12.1. The Bertz CT molecular complexity index is 1430. The molecular formula is C21H19Cl2F3N8O2. The molecule has 15 heteroatoms. The van der Waals surface area contributed by atoms with Crippen LogP contribution < -0.4 is 11.4 Å². The Morgan fingerprint density at radius 3 is 2.44 bits per heavy atom. The molecule has 4 rings (SSSR count). The molecule has 3 N–H and O–H groups in total. The van der Waals surface area contributed by atoms with Gasteiger partial charge in [0.25, 0.3) is 0 Å².